The van der Waals surface area contributed by atoms with E-state index < -0.39 is 12.5 Å². The number of hydrogen-bond donors (Lipinski definition) is 1. The van der Waals surface area contributed by atoms with Gasteiger partial charge in [0.1, 0.15) is 0 Å². The summed E-state index contributed by atoms with van der Waals surface area (Å²) in [6.45, 7) is 0.0499. The number of piperidine rings is 1. The number of carbonyl (C=O) groups is 1. The number of likely N-dealkylation sites (tertiary alicyclic amines) is 1. The molecule has 0 aromatic heterocycles. The molecule has 0 radical (unpaired) electrons. The maximum atomic E-state index is 12.8. The van der Waals surface area contributed by atoms with Crippen molar-refractivity contribution in [2.24, 2.45) is 5.92 Å². The molecule has 1 saturated heterocycles. The first-order valence-electron chi connectivity index (χ1n) is 10.2. The molecule has 1 saturated carbocycles. The molecule has 156 valence electrons. The molecule has 2 aliphatic rings. The van der Waals surface area contributed by atoms with Crippen LogP contribution >= 0.6 is 0 Å². The summed E-state index contributed by atoms with van der Waals surface area (Å²) in [5.41, 5.74) is 0.0734. The van der Waals surface area contributed by atoms with Crippen molar-refractivity contribution in [3.05, 3.63) is 23.8 Å². The first-order chi connectivity index (χ1) is 13.6. The van der Waals surface area contributed by atoms with Gasteiger partial charge in [-0.2, -0.15) is 8.78 Å². The predicted octanol–water partition coefficient (Wildman–Crippen LogP) is 4.07. The summed E-state index contributed by atoms with van der Waals surface area (Å²) in [5.74, 6) is 0.313. The third-order valence-corrected chi connectivity index (χ3v) is 5.81. The van der Waals surface area contributed by atoms with Crippen molar-refractivity contribution >= 4 is 5.91 Å². The van der Waals surface area contributed by atoms with Gasteiger partial charge in [-0.15, -0.1) is 0 Å². The van der Waals surface area contributed by atoms with Gasteiger partial charge in [0, 0.05) is 25.7 Å². The number of alkyl halides is 2. The molecule has 7 heteroatoms. The van der Waals surface area contributed by atoms with Crippen LogP contribution in [0.15, 0.2) is 18.2 Å². The van der Waals surface area contributed by atoms with Crippen LogP contribution in [-0.2, 0) is 0 Å². The fourth-order valence-electron chi connectivity index (χ4n) is 4.32. The van der Waals surface area contributed by atoms with Crippen LogP contribution in [0.25, 0.3) is 0 Å². The van der Waals surface area contributed by atoms with Gasteiger partial charge in [0.15, 0.2) is 11.5 Å². The molecular weight excluding hydrogens is 366 g/mol. The van der Waals surface area contributed by atoms with Crippen LogP contribution in [0, 0.1) is 5.92 Å². The molecule has 3 rings (SSSR count). The first kappa shape index (κ1) is 20.8. The molecule has 1 aromatic carbocycles. The zero-order chi connectivity index (χ0) is 19.9. The number of benzene rings is 1. The van der Waals surface area contributed by atoms with Gasteiger partial charge < -0.3 is 19.7 Å². The van der Waals surface area contributed by atoms with E-state index in [-0.39, 0.29) is 23.1 Å². The predicted molar refractivity (Wildman–Crippen MR) is 103 cm³/mol. The van der Waals surface area contributed by atoms with Crippen molar-refractivity contribution in [1.29, 1.82) is 0 Å². The van der Waals surface area contributed by atoms with E-state index in [0.29, 0.717) is 0 Å². The molecule has 1 aromatic rings. The summed E-state index contributed by atoms with van der Waals surface area (Å²) in [6.07, 6.45) is 8.47. The van der Waals surface area contributed by atoms with Crippen molar-refractivity contribution in [2.75, 3.05) is 26.7 Å². The number of nitrogens with one attached hydrogen (secondary N) is 1. The third kappa shape index (κ3) is 5.56. The zero-order valence-electron chi connectivity index (χ0n) is 16.5. The molecule has 1 heterocycles. The number of amides is 1. The highest BCUT2D eigenvalue weighted by atomic mass is 19.3. The molecule has 5 nitrogen and oxygen atoms in total. The van der Waals surface area contributed by atoms with Crippen molar-refractivity contribution in [2.45, 2.75) is 57.6 Å². The van der Waals surface area contributed by atoms with Crippen molar-refractivity contribution in [3.63, 3.8) is 0 Å². The summed E-state index contributed by atoms with van der Waals surface area (Å²) in [5, 5.41) is 2.98. The standard InChI is InChI=1S/C21H30F2N2O3/c1-27-18-9-5-8-17(19(18)28-21(22)23)20(26)24-16-10-12-25(13-11-16)14-15-6-3-2-4-7-15/h5,8-9,15-16,21H,2-4,6-7,10-14H2,1H3,(H,24,26). The van der Waals surface area contributed by atoms with Crippen molar-refractivity contribution < 1.29 is 23.0 Å². The van der Waals surface area contributed by atoms with E-state index in [4.69, 9.17) is 4.74 Å². The number of methoxy groups -OCH3 is 1. The molecule has 2 fully saturated rings. The largest absolute Gasteiger partial charge is 0.493 e. The fraction of sp³-hybridized carbons (Fsp3) is 0.667. The SMILES string of the molecule is COc1cccc(C(=O)NC2CCN(CC3CCCCC3)CC2)c1OC(F)F. The van der Waals surface area contributed by atoms with Crippen LogP contribution in [0.3, 0.4) is 0 Å². The molecule has 1 N–H and O–H groups in total. The Bertz CT molecular complexity index is 643. The Morgan fingerprint density at radius 1 is 1.18 bits per heavy atom. The monoisotopic (exact) mass is 396 g/mol. The lowest BCUT2D eigenvalue weighted by Crippen LogP contribution is -2.46. The molecule has 0 spiro atoms. The molecule has 0 atom stereocenters. The van der Waals surface area contributed by atoms with Gasteiger partial charge in [-0.25, -0.2) is 0 Å². The zero-order valence-corrected chi connectivity index (χ0v) is 16.5. The molecule has 28 heavy (non-hydrogen) atoms. The summed E-state index contributed by atoms with van der Waals surface area (Å²) in [6, 6.07) is 4.62. The molecule has 1 aliphatic heterocycles. The van der Waals surface area contributed by atoms with Crippen LogP contribution in [0.2, 0.25) is 0 Å². The minimum atomic E-state index is -3.02. The maximum Gasteiger partial charge on any atom is 0.387 e. The van der Waals surface area contributed by atoms with Gasteiger partial charge in [0.2, 0.25) is 0 Å². The number of halogens is 2. The van der Waals surface area contributed by atoms with Crippen LogP contribution in [0.1, 0.15) is 55.3 Å². The van der Waals surface area contributed by atoms with E-state index >= 15 is 0 Å². The average Bonchev–Trinajstić information content (AvgIpc) is 2.70. The summed E-state index contributed by atoms with van der Waals surface area (Å²) in [4.78, 5) is 15.2. The number of nitrogens with zero attached hydrogens (tertiary/aromatic N) is 1. The second kappa shape index (κ2) is 10.0. The first-order valence-corrected chi connectivity index (χ1v) is 10.2. The number of rotatable bonds is 7. The number of ether oxygens (including phenoxy) is 2. The van der Waals surface area contributed by atoms with E-state index in [1.165, 1.54) is 51.3 Å². The second-order valence-corrected chi connectivity index (χ2v) is 7.77. The lowest BCUT2D eigenvalue weighted by molar-refractivity contribution is -0.0515. The fourth-order valence-corrected chi connectivity index (χ4v) is 4.32. The van der Waals surface area contributed by atoms with Gasteiger partial charge in [-0.1, -0.05) is 25.3 Å². The smallest absolute Gasteiger partial charge is 0.387 e. The second-order valence-electron chi connectivity index (χ2n) is 7.77. The number of para-hydroxylation sites is 1. The normalized spacial score (nSPS) is 19.6. The Morgan fingerprint density at radius 2 is 1.89 bits per heavy atom. The molecule has 1 aliphatic carbocycles. The van der Waals surface area contributed by atoms with Crippen LogP contribution < -0.4 is 14.8 Å². The Balaban J connectivity index is 1.54. The van der Waals surface area contributed by atoms with Gasteiger partial charge in [0.25, 0.3) is 5.91 Å². The van der Waals surface area contributed by atoms with Gasteiger partial charge in [-0.05, 0) is 43.7 Å². The maximum absolute atomic E-state index is 12.8. The topological polar surface area (TPSA) is 50.8 Å². The lowest BCUT2D eigenvalue weighted by Gasteiger charge is -2.35. The molecule has 0 bridgehead atoms. The van der Waals surface area contributed by atoms with E-state index in [1.807, 2.05) is 0 Å². The van der Waals surface area contributed by atoms with Gasteiger partial charge >= 0.3 is 6.61 Å². The minimum absolute atomic E-state index is 0.0423. The van der Waals surface area contributed by atoms with Gasteiger partial charge in [-0.3, -0.25) is 4.79 Å². The van der Waals surface area contributed by atoms with Crippen molar-refractivity contribution in [1.82, 2.24) is 10.2 Å². The Labute approximate surface area is 165 Å². The van der Waals surface area contributed by atoms with Crippen LogP contribution in [0.4, 0.5) is 8.78 Å². The van der Waals surface area contributed by atoms with E-state index in [9.17, 15) is 13.6 Å². The van der Waals surface area contributed by atoms with E-state index in [1.54, 1.807) is 6.07 Å². The summed E-state index contributed by atoms with van der Waals surface area (Å²) in [7, 11) is 1.36. The Morgan fingerprint density at radius 3 is 2.54 bits per heavy atom. The molecular formula is C21H30F2N2O3. The van der Waals surface area contributed by atoms with E-state index in [0.717, 1.165) is 38.4 Å². The molecule has 0 unspecified atom stereocenters. The van der Waals surface area contributed by atoms with Gasteiger partial charge in [0.05, 0.1) is 12.7 Å². The third-order valence-electron chi connectivity index (χ3n) is 5.81. The van der Waals surface area contributed by atoms with Crippen LogP contribution in [0.5, 0.6) is 11.5 Å². The summed E-state index contributed by atoms with van der Waals surface area (Å²) >= 11 is 0. The number of hydrogen-bond acceptors (Lipinski definition) is 4. The van der Waals surface area contributed by atoms with E-state index in [2.05, 4.69) is 15.0 Å². The lowest BCUT2D eigenvalue weighted by atomic mass is 9.88. The average molecular weight is 396 g/mol. The Hall–Kier alpha value is -1.89. The Kier molecular flexibility index (Phi) is 7.48. The summed E-state index contributed by atoms with van der Waals surface area (Å²) < 4.78 is 35.1. The molecule has 1 amide bonds. The number of carbonyl (C=O) groups excluding carboxylic acids is 1. The van der Waals surface area contributed by atoms with Crippen molar-refractivity contribution in [3.8, 4) is 11.5 Å². The highest BCUT2D eigenvalue weighted by Crippen LogP contribution is 2.32. The highest BCUT2D eigenvalue weighted by Gasteiger charge is 2.26. The quantitative estimate of drug-likeness (QED) is 0.755. The van der Waals surface area contributed by atoms with Crippen LogP contribution in [-0.4, -0.2) is 50.2 Å². The minimum Gasteiger partial charge on any atom is -0.493 e. The highest BCUT2D eigenvalue weighted by molar-refractivity contribution is 5.98.